The van der Waals surface area contributed by atoms with Crippen molar-refractivity contribution in [2.75, 3.05) is 6.54 Å². The number of imide groups is 1. The molecule has 0 aromatic heterocycles. The standard InChI is InChI=1S/C20H18Cl2N2O3/c1-11-4-6-14(12(2)8-11)17(25)10-24-18(26)20(3,23-19(24)27)15-7-5-13(21)9-16(15)22/h4-9H,10H2,1-3H3,(H,23,27)/t20-/m0/s1. The van der Waals surface area contributed by atoms with Gasteiger partial charge < -0.3 is 5.32 Å². The number of hydrogen-bond acceptors (Lipinski definition) is 3. The molecule has 1 N–H and O–H groups in total. The number of carbonyl (C=O) groups is 3. The number of rotatable bonds is 4. The number of ketones is 1. The van der Waals surface area contributed by atoms with Gasteiger partial charge >= 0.3 is 6.03 Å². The van der Waals surface area contributed by atoms with E-state index < -0.39 is 17.5 Å². The molecule has 1 atom stereocenters. The molecule has 3 amide bonds. The number of carbonyl (C=O) groups excluding carboxylic acids is 3. The lowest BCUT2D eigenvalue weighted by atomic mass is 9.92. The second-order valence-electron chi connectivity index (χ2n) is 6.81. The third-order valence-electron chi connectivity index (χ3n) is 4.73. The van der Waals surface area contributed by atoms with Crippen molar-refractivity contribution in [1.82, 2.24) is 10.2 Å². The molecule has 5 nitrogen and oxygen atoms in total. The number of halogens is 2. The van der Waals surface area contributed by atoms with Crippen molar-refractivity contribution in [1.29, 1.82) is 0 Å². The van der Waals surface area contributed by atoms with Gasteiger partial charge in [0.05, 0.1) is 6.54 Å². The number of nitrogens with one attached hydrogen (secondary N) is 1. The fourth-order valence-corrected chi connectivity index (χ4v) is 3.87. The summed E-state index contributed by atoms with van der Waals surface area (Å²) in [5.41, 5.74) is 1.38. The van der Waals surface area contributed by atoms with E-state index >= 15 is 0 Å². The molecular weight excluding hydrogens is 387 g/mol. The molecule has 0 bridgehead atoms. The Morgan fingerprint density at radius 3 is 2.44 bits per heavy atom. The molecule has 1 heterocycles. The molecule has 2 aromatic rings. The van der Waals surface area contributed by atoms with Crippen molar-refractivity contribution >= 4 is 40.9 Å². The number of Topliss-reactive ketones (excluding diaryl/α,β-unsaturated/α-hetero) is 1. The summed E-state index contributed by atoms with van der Waals surface area (Å²) < 4.78 is 0. The maximum atomic E-state index is 13.0. The van der Waals surface area contributed by atoms with Crippen LogP contribution in [0.1, 0.15) is 34.0 Å². The molecule has 27 heavy (non-hydrogen) atoms. The van der Waals surface area contributed by atoms with Crippen molar-refractivity contribution in [3.63, 3.8) is 0 Å². The van der Waals surface area contributed by atoms with Gasteiger partial charge in [-0.15, -0.1) is 0 Å². The molecule has 0 aliphatic carbocycles. The van der Waals surface area contributed by atoms with Crippen LogP contribution in [0, 0.1) is 13.8 Å². The highest BCUT2D eigenvalue weighted by molar-refractivity contribution is 6.35. The average Bonchev–Trinajstić information content (AvgIpc) is 2.78. The number of hydrogen-bond donors (Lipinski definition) is 1. The second-order valence-corrected chi connectivity index (χ2v) is 7.66. The first-order valence-electron chi connectivity index (χ1n) is 8.33. The highest BCUT2D eigenvalue weighted by Gasteiger charge is 2.50. The molecule has 1 aliphatic heterocycles. The topological polar surface area (TPSA) is 66.5 Å². The summed E-state index contributed by atoms with van der Waals surface area (Å²) in [7, 11) is 0. The van der Waals surface area contributed by atoms with Gasteiger partial charge in [0, 0.05) is 21.2 Å². The van der Waals surface area contributed by atoms with Gasteiger partial charge in [-0.05, 0) is 38.5 Å². The Bertz CT molecular complexity index is 974. The third-order valence-corrected chi connectivity index (χ3v) is 5.28. The number of aryl methyl sites for hydroxylation is 2. The Morgan fingerprint density at radius 2 is 1.81 bits per heavy atom. The second kappa shape index (κ2) is 6.98. The fourth-order valence-electron chi connectivity index (χ4n) is 3.27. The van der Waals surface area contributed by atoms with Crippen LogP contribution in [0.25, 0.3) is 0 Å². The van der Waals surface area contributed by atoms with E-state index in [1.165, 1.54) is 6.07 Å². The van der Waals surface area contributed by atoms with Crippen LogP contribution in [-0.2, 0) is 10.3 Å². The number of amides is 3. The zero-order valence-electron chi connectivity index (χ0n) is 15.1. The van der Waals surface area contributed by atoms with Crippen molar-refractivity contribution < 1.29 is 14.4 Å². The van der Waals surface area contributed by atoms with Gasteiger partial charge in [0.25, 0.3) is 5.91 Å². The molecule has 7 heteroatoms. The molecule has 2 aromatic carbocycles. The predicted molar refractivity (Wildman–Crippen MR) is 104 cm³/mol. The van der Waals surface area contributed by atoms with E-state index in [1.54, 1.807) is 25.1 Å². The predicted octanol–water partition coefficient (Wildman–Crippen LogP) is 4.26. The zero-order chi connectivity index (χ0) is 19.9. The van der Waals surface area contributed by atoms with Gasteiger partial charge in [-0.2, -0.15) is 0 Å². The minimum Gasteiger partial charge on any atom is -0.319 e. The van der Waals surface area contributed by atoms with Gasteiger partial charge in [0.2, 0.25) is 0 Å². The van der Waals surface area contributed by atoms with Gasteiger partial charge in [-0.25, -0.2) is 4.79 Å². The lowest BCUT2D eigenvalue weighted by Gasteiger charge is -2.23. The Kier molecular flexibility index (Phi) is 5.02. The summed E-state index contributed by atoms with van der Waals surface area (Å²) in [5.74, 6) is -0.836. The first-order valence-corrected chi connectivity index (χ1v) is 9.09. The van der Waals surface area contributed by atoms with E-state index in [4.69, 9.17) is 23.2 Å². The van der Waals surface area contributed by atoms with E-state index in [0.29, 0.717) is 16.1 Å². The third kappa shape index (κ3) is 3.45. The lowest BCUT2D eigenvalue weighted by molar-refractivity contribution is -0.130. The van der Waals surface area contributed by atoms with Crippen LogP contribution in [0.15, 0.2) is 36.4 Å². The number of benzene rings is 2. The zero-order valence-corrected chi connectivity index (χ0v) is 16.6. The molecular formula is C20H18Cl2N2O3. The van der Waals surface area contributed by atoms with Crippen LogP contribution in [-0.4, -0.2) is 29.2 Å². The Balaban J connectivity index is 1.89. The van der Waals surface area contributed by atoms with Crippen molar-refractivity contribution in [2.24, 2.45) is 0 Å². The number of urea groups is 1. The van der Waals surface area contributed by atoms with Crippen LogP contribution < -0.4 is 5.32 Å². The van der Waals surface area contributed by atoms with Crippen LogP contribution in [0.2, 0.25) is 10.0 Å². The molecule has 140 valence electrons. The van der Waals surface area contributed by atoms with Gasteiger partial charge in [0.1, 0.15) is 5.54 Å². The van der Waals surface area contributed by atoms with Gasteiger partial charge in [-0.1, -0.05) is 53.0 Å². The molecule has 3 rings (SSSR count). The molecule has 1 aliphatic rings. The molecule has 0 unspecified atom stereocenters. The summed E-state index contributed by atoms with van der Waals surface area (Å²) in [4.78, 5) is 39.0. The van der Waals surface area contributed by atoms with Crippen molar-refractivity contribution in [3.8, 4) is 0 Å². The quantitative estimate of drug-likeness (QED) is 0.611. The summed E-state index contributed by atoms with van der Waals surface area (Å²) in [6, 6.07) is 9.48. The van der Waals surface area contributed by atoms with E-state index in [9.17, 15) is 14.4 Å². The summed E-state index contributed by atoms with van der Waals surface area (Å²) in [6.45, 7) is 4.98. The van der Waals surface area contributed by atoms with Crippen LogP contribution in [0.5, 0.6) is 0 Å². The Labute approximate surface area is 167 Å². The first-order chi connectivity index (χ1) is 12.6. The van der Waals surface area contributed by atoms with Gasteiger partial charge in [0.15, 0.2) is 5.78 Å². The van der Waals surface area contributed by atoms with Crippen molar-refractivity contribution in [2.45, 2.75) is 26.3 Å². The summed E-state index contributed by atoms with van der Waals surface area (Å²) in [5, 5.41) is 3.33. The van der Waals surface area contributed by atoms with Crippen molar-refractivity contribution in [3.05, 3.63) is 68.7 Å². The van der Waals surface area contributed by atoms with E-state index in [1.807, 2.05) is 26.0 Å². The Hall–Kier alpha value is -2.37. The monoisotopic (exact) mass is 404 g/mol. The largest absolute Gasteiger partial charge is 0.325 e. The minimum absolute atomic E-state index is 0.265. The highest BCUT2D eigenvalue weighted by Crippen LogP contribution is 2.35. The Morgan fingerprint density at radius 1 is 1.11 bits per heavy atom. The van der Waals surface area contributed by atoms with Gasteiger partial charge in [-0.3, -0.25) is 14.5 Å². The first kappa shape index (κ1) is 19.4. The molecule has 1 saturated heterocycles. The molecule has 0 spiro atoms. The minimum atomic E-state index is -1.36. The van der Waals surface area contributed by atoms with E-state index in [-0.39, 0.29) is 17.4 Å². The maximum absolute atomic E-state index is 13.0. The average molecular weight is 405 g/mol. The summed E-state index contributed by atoms with van der Waals surface area (Å²) in [6.07, 6.45) is 0. The fraction of sp³-hybridized carbons (Fsp3) is 0.250. The van der Waals surface area contributed by atoms with E-state index in [2.05, 4.69) is 5.32 Å². The SMILES string of the molecule is Cc1ccc(C(=O)CN2C(=O)N[C@@](C)(c3ccc(Cl)cc3Cl)C2=O)c(C)c1. The number of nitrogens with zero attached hydrogens (tertiary/aromatic N) is 1. The summed E-state index contributed by atoms with van der Waals surface area (Å²) >= 11 is 12.1. The van der Waals surface area contributed by atoms with Crippen LogP contribution in [0.4, 0.5) is 4.79 Å². The molecule has 0 radical (unpaired) electrons. The maximum Gasteiger partial charge on any atom is 0.325 e. The van der Waals surface area contributed by atoms with E-state index in [0.717, 1.165) is 16.0 Å². The van der Waals surface area contributed by atoms with Crippen LogP contribution >= 0.6 is 23.2 Å². The molecule has 0 saturated carbocycles. The smallest absolute Gasteiger partial charge is 0.319 e. The highest BCUT2D eigenvalue weighted by atomic mass is 35.5. The lowest BCUT2D eigenvalue weighted by Crippen LogP contribution is -2.41. The van der Waals surface area contributed by atoms with Crippen LogP contribution in [0.3, 0.4) is 0 Å². The normalized spacial score (nSPS) is 19.4. The molecule has 1 fully saturated rings.